The first-order chi connectivity index (χ1) is 10.5. The molecule has 124 valence electrons. The standard InChI is InChI=1S/C17H29N3O2/c1-12-5-7-17(8-6-12)21-11-15(22-17)9-18-10-16-13(2)19-20(4)14(16)3/h12,15,18H,5-11H2,1-4H3. The SMILES string of the molecule is Cc1nn(C)c(C)c1CNCC1COC2(CCC(C)CC2)O1. The Hall–Kier alpha value is -0.910. The Balaban J connectivity index is 1.47. The minimum Gasteiger partial charge on any atom is -0.347 e. The van der Waals surface area contributed by atoms with E-state index in [9.17, 15) is 0 Å². The van der Waals surface area contributed by atoms with Crippen LogP contribution in [0.5, 0.6) is 0 Å². The predicted molar refractivity (Wildman–Crippen MR) is 85.6 cm³/mol. The lowest BCUT2D eigenvalue weighted by Crippen LogP contribution is -2.37. The average molecular weight is 307 g/mol. The zero-order chi connectivity index (χ0) is 15.7. The Bertz CT molecular complexity index is 518. The van der Waals surface area contributed by atoms with E-state index in [1.54, 1.807) is 0 Å². The molecule has 5 heteroatoms. The molecule has 1 saturated heterocycles. The van der Waals surface area contributed by atoms with Gasteiger partial charge in [0.1, 0.15) is 0 Å². The van der Waals surface area contributed by atoms with Crippen LogP contribution >= 0.6 is 0 Å². The van der Waals surface area contributed by atoms with Gasteiger partial charge in [-0.3, -0.25) is 4.68 Å². The molecular formula is C17H29N3O2. The Morgan fingerprint density at radius 3 is 2.68 bits per heavy atom. The van der Waals surface area contributed by atoms with E-state index in [4.69, 9.17) is 9.47 Å². The summed E-state index contributed by atoms with van der Waals surface area (Å²) < 4.78 is 14.2. The minimum atomic E-state index is -0.279. The van der Waals surface area contributed by atoms with Crippen LogP contribution in [0, 0.1) is 19.8 Å². The lowest BCUT2D eigenvalue weighted by molar-refractivity contribution is -0.191. The van der Waals surface area contributed by atoms with Crippen LogP contribution in [0.4, 0.5) is 0 Å². The van der Waals surface area contributed by atoms with Crippen LogP contribution < -0.4 is 5.32 Å². The summed E-state index contributed by atoms with van der Waals surface area (Å²) in [5.74, 6) is 0.533. The van der Waals surface area contributed by atoms with Crippen molar-refractivity contribution in [3.63, 3.8) is 0 Å². The van der Waals surface area contributed by atoms with Crippen molar-refractivity contribution in [2.24, 2.45) is 13.0 Å². The number of aromatic nitrogens is 2. The third kappa shape index (κ3) is 3.21. The van der Waals surface area contributed by atoms with Crippen LogP contribution in [0.2, 0.25) is 0 Å². The Morgan fingerprint density at radius 1 is 1.32 bits per heavy atom. The van der Waals surface area contributed by atoms with E-state index in [1.807, 2.05) is 11.7 Å². The summed E-state index contributed by atoms with van der Waals surface area (Å²) in [6.07, 6.45) is 4.70. The van der Waals surface area contributed by atoms with Crippen molar-refractivity contribution in [2.45, 2.75) is 64.9 Å². The van der Waals surface area contributed by atoms with Crippen LogP contribution in [0.25, 0.3) is 0 Å². The third-order valence-electron chi connectivity index (χ3n) is 5.28. The van der Waals surface area contributed by atoms with E-state index in [0.29, 0.717) is 6.61 Å². The quantitative estimate of drug-likeness (QED) is 0.928. The molecule has 1 aliphatic carbocycles. The molecule has 0 bridgehead atoms. The number of hydrogen-bond donors (Lipinski definition) is 1. The molecule has 22 heavy (non-hydrogen) atoms. The van der Waals surface area contributed by atoms with E-state index < -0.39 is 0 Å². The normalized spacial score (nSPS) is 32.0. The Morgan fingerprint density at radius 2 is 2.05 bits per heavy atom. The molecule has 1 aromatic rings. The van der Waals surface area contributed by atoms with Gasteiger partial charge >= 0.3 is 0 Å². The first-order valence-electron chi connectivity index (χ1n) is 8.51. The minimum absolute atomic E-state index is 0.172. The largest absolute Gasteiger partial charge is 0.347 e. The summed E-state index contributed by atoms with van der Waals surface area (Å²) in [6.45, 7) is 8.90. The zero-order valence-corrected chi connectivity index (χ0v) is 14.3. The number of aryl methyl sites for hydroxylation is 2. The summed E-state index contributed by atoms with van der Waals surface area (Å²) in [7, 11) is 1.99. The molecule has 0 radical (unpaired) electrons. The van der Waals surface area contributed by atoms with Gasteiger partial charge in [0.05, 0.1) is 18.4 Å². The number of hydrogen-bond acceptors (Lipinski definition) is 4. The number of ether oxygens (including phenoxy) is 2. The molecule has 1 aliphatic heterocycles. The van der Waals surface area contributed by atoms with Gasteiger partial charge in [0.2, 0.25) is 0 Å². The van der Waals surface area contributed by atoms with Gasteiger partial charge in [-0.1, -0.05) is 6.92 Å². The van der Waals surface area contributed by atoms with E-state index in [1.165, 1.54) is 24.1 Å². The fourth-order valence-electron chi connectivity index (χ4n) is 3.61. The van der Waals surface area contributed by atoms with Crippen molar-refractivity contribution in [1.29, 1.82) is 0 Å². The van der Waals surface area contributed by atoms with Crippen molar-refractivity contribution in [1.82, 2.24) is 15.1 Å². The highest BCUT2D eigenvalue weighted by Crippen LogP contribution is 2.39. The van der Waals surface area contributed by atoms with Gasteiger partial charge in [0.15, 0.2) is 5.79 Å². The fourth-order valence-corrected chi connectivity index (χ4v) is 3.61. The van der Waals surface area contributed by atoms with Crippen molar-refractivity contribution in [3.05, 3.63) is 17.0 Å². The molecule has 0 amide bonds. The van der Waals surface area contributed by atoms with E-state index in [2.05, 4.69) is 31.2 Å². The van der Waals surface area contributed by atoms with Gasteiger partial charge in [-0.2, -0.15) is 5.10 Å². The van der Waals surface area contributed by atoms with Gasteiger partial charge in [-0.15, -0.1) is 0 Å². The number of nitrogens with zero attached hydrogens (tertiary/aromatic N) is 2. The summed E-state index contributed by atoms with van der Waals surface area (Å²) in [6, 6.07) is 0. The van der Waals surface area contributed by atoms with Gasteiger partial charge in [0.25, 0.3) is 0 Å². The maximum Gasteiger partial charge on any atom is 0.168 e. The molecule has 2 aliphatic rings. The monoisotopic (exact) mass is 307 g/mol. The summed E-state index contributed by atoms with van der Waals surface area (Å²) in [5.41, 5.74) is 3.63. The molecule has 0 aromatic carbocycles. The van der Waals surface area contributed by atoms with E-state index in [-0.39, 0.29) is 11.9 Å². The maximum absolute atomic E-state index is 6.24. The number of rotatable bonds is 4. The molecule has 1 aromatic heterocycles. The van der Waals surface area contributed by atoms with Gasteiger partial charge in [-0.05, 0) is 32.6 Å². The molecule has 2 heterocycles. The molecule has 5 nitrogen and oxygen atoms in total. The van der Waals surface area contributed by atoms with Crippen molar-refractivity contribution < 1.29 is 9.47 Å². The second-order valence-corrected chi connectivity index (χ2v) is 7.05. The van der Waals surface area contributed by atoms with Crippen LogP contribution in [0.3, 0.4) is 0 Å². The second kappa shape index (κ2) is 6.30. The first kappa shape index (κ1) is 16.0. The lowest BCUT2D eigenvalue weighted by Gasteiger charge is -2.34. The maximum atomic E-state index is 6.24. The molecular weight excluding hydrogens is 278 g/mol. The molecule has 3 rings (SSSR count). The van der Waals surface area contributed by atoms with E-state index in [0.717, 1.165) is 37.5 Å². The van der Waals surface area contributed by atoms with Gasteiger partial charge in [-0.25, -0.2) is 0 Å². The highest BCUT2D eigenvalue weighted by molar-refractivity contribution is 5.23. The zero-order valence-electron chi connectivity index (χ0n) is 14.3. The Kier molecular flexibility index (Phi) is 4.57. The van der Waals surface area contributed by atoms with Crippen LogP contribution in [0.1, 0.15) is 49.6 Å². The van der Waals surface area contributed by atoms with E-state index >= 15 is 0 Å². The third-order valence-corrected chi connectivity index (χ3v) is 5.28. The predicted octanol–water partition coefficient (Wildman–Crippen LogP) is 2.45. The fraction of sp³-hybridized carbons (Fsp3) is 0.824. The molecule has 1 spiro atoms. The summed E-state index contributed by atoms with van der Waals surface area (Å²) in [5, 5.41) is 7.97. The highest BCUT2D eigenvalue weighted by atomic mass is 16.7. The Labute approximate surface area is 133 Å². The van der Waals surface area contributed by atoms with Gasteiger partial charge < -0.3 is 14.8 Å². The van der Waals surface area contributed by atoms with Crippen molar-refractivity contribution in [3.8, 4) is 0 Å². The van der Waals surface area contributed by atoms with Crippen LogP contribution in [0.15, 0.2) is 0 Å². The molecule has 1 saturated carbocycles. The first-order valence-corrected chi connectivity index (χ1v) is 8.51. The summed E-state index contributed by atoms with van der Waals surface area (Å²) >= 11 is 0. The van der Waals surface area contributed by atoms with Gasteiger partial charge in [0, 0.05) is 44.2 Å². The topological polar surface area (TPSA) is 48.3 Å². The highest BCUT2D eigenvalue weighted by Gasteiger charge is 2.43. The van der Waals surface area contributed by atoms with Crippen molar-refractivity contribution in [2.75, 3.05) is 13.2 Å². The average Bonchev–Trinajstić information content (AvgIpc) is 2.99. The second-order valence-electron chi connectivity index (χ2n) is 7.05. The molecule has 1 N–H and O–H groups in total. The summed E-state index contributed by atoms with van der Waals surface area (Å²) in [4.78, 5) is 0. The smallest absolute Gasteiger partial charge is 0.168 e. The van der Waals surface area contributed by atoms with Crippen molar-refractivity contribution >= 4 is 0 Å². The van der Waals surface area contributed by atoms with Crippen LogP contribution in [-0.4, -0.2) is 34.8 Å². The number of nitrogens with one attached hydrogen (secondary N) is 1. The van der Waals surface area contributed by atoms with Crippen LogP contribution in [-0.2, 0) is 23.1 Å². The molecule has 1 unspecified atom stereocenters. The molecule has 1 atom stereocenters. The molecule has 2 fully saturated rings. The lowest BCUT2D eigenvalue weighted by atomic mass is 9.86.